The molecule has 0 bridgehead atoms. The van der Waals surface area contributed by atoms with E-state index in [-0.39, 0.29) is 0 Å². The lowest BCUT2D eigenvalue weighted by molar-refractivity contribution is 0.876. The van der Waals surface area contributed by atoms with E-state index in [0.717, 1.165) is 5.65 Å². The highest BCUT2D eigenvalue weighted by Gasteiger charge is 2.19. The summed E-state index contributed by atoms with van der Waals surface area (Å²) in [4.78, 5) is 7.98. The topological polar surface area (TPSA) is 46.0 Å². The van der Waals surface area contributed by atoms with E-state index in [1.54, 1.807) is 6.33 Å². The van der Waals surface area contributed by atoms with Crippen molar-refractivity contribution in [2.45, 2.75) is 33.6 Å². The van der Waals surface area contributed by atoms with E-state index in [9.17, 15) is 0 Å². The Kier molecular flexibility index (Phi) is 3.01. The molecule has 116 valence electrons. The summed E-state index contributed by atoms with van der Waals surface area (Å²) in [5, 5.41) is 5.63. The molecule has 3 aromatic heterocycles. The Morgan fingerprint density at radius 1 is 1.09 bits per heavy atom. The van der Waals surface area contributed by atoms with Crippen molar-refractivity contribution in [3.05, 3.63) is 53.5 Å². The Morgan fingerprint density at radius 3 is 2.65 bits per heavy atom. The van der Waals surface area contributed by atoms with E-state index in [2.05, 4.69) is 73.2 Å². The molecule has 1 aromatic carbocycles. The van der Waals surface area contributed by atoms with E-state index in [1.165, 1.54) is 38.9 Å². The summed E-state index contributed by atoms with van der Waals surface area (Å²) in [6.45, 7) is 8.76. The Balaban J connectivity index is 2.10. The van der Waals surface area contributed by atoms with Crippen LogP contribution in [0.25, 0.3) is 27.8 Å². The molecule has 0 saturated carbocycles. The summed E-state index contributed by atoms with van der Waals surface area (Å²) < 4.78 is 1.87. The Morgan fingerprint density at radius 2 is 1.87 bits per heavy atom. The average molecular weight is 304 g/mol. The largest absolute Gasteiger partial charge is 0.354 e. The SMILES string of the molecule is Cc1c(-c2[nH]c3ccccc3c2C(C)C)cn2ncnc2c1C. The molecule has 0 atom stereocenters. The van der Waals surface area contributed by atoms with E-state index in [0.29, 0.717) is 5.92 Å². The third-order valence-corrected chi connectivity index (χ3v) is 4.72. The number of para-hydroxylation sites is 1. The number of H-pyrrole nitrogens is 1. The van der Waals surface area contributed by atoms with E-state index >= 15 is 0 Å². The second-order valence-electron chi connectivity index (χ2n) is 6.43. The van der Waals surface area contributed by atoms with Gasteiger partial charge in [0, 0.05) is 22.7 Å². The predicted molar refractivity (Wildman–Crippen MR) is 93.8 cm³/mol. The molecular weight excluding hydrogens is 284 g/mol. The maximum atomic E-state index is 4.36. The highest BCUT2D eigenvalue weighted by Crippen LogP contribution is 2.37. The minimum Gasteiger partial charge on any atom is -0.354 e. The van der Waals surface area contributed by atoms with Crippen LogP contribution in [-0.2, 0) is 0 Å². The smallest absolute Gasteiger partial charge is 0.158 e. The van der Waals surface area contributed by atoms with Crippen LogP contribution in [0.5, 0.6) is 0 Å². The summed E-state index contributed by atoms with van der Waals surface area (Å²) in [5.74, 6) is 0.437. The number of benzene rings is 1. The Labute approximate surface area is 135 Å². The van der Waals surface area contributed by atoms with Crippen LogP contribution in [0.1, 0.15) is 36.5 Å². The predicted octanol–water partition coefficient (Wildman–Crippen LogP) is 4.62. The summed E-state index contributed by atoms with van der Waals surface area (Å²) in [7, 11) is 0. The first-order valence-corrected chi connectivity index (χ1v) is 7.98. The van der Waals surface area contributed by atoms with Crippen molar-refractivity contribution < 1.29 is 0 Å². The van der Waals surface area contributed by atoms with E-state index in [4.69, 9.17) is 0 Å². The number of hydrogen-bond donors (Lipinski definition) is 1. The fourth-order valence-electron chi connectivity index (χ4n) is 3.43. The van der Waals surface area contributed by atoms with E-state index in [1.807, 2.05) is 4.52 Å². The van der Waals surface area contributed by atoms with Crippen LogP contribution < -0.4 is 0 Å². The molecular formula is C19H20N4. The molecule has 0 unspecified atom stereocenters. The zero-order chi connectivity index (χ0) is 16.1. The molecule has 1 N–H and O–H groups in total. The highest BCUT2D eigenvalue weighted by atomic mass is 15.3. The van der Waals surface area contributed by atoms with Crippen molar-refractivity contribution in [2.24, 2.45) is 0 Å². The van der Waals surface area contributed by atoms with Gasteiger partial charge in [-0.05, 0) is 42.5 Å². The monoisotopic (exact) mass is 304 g/mol. The zero-order valence-electron chi connectivity index (χ0n) is 13.9. The standard InChI is InChI=1S/C19H20N4/c1-11(2)17-14-7-5-6-8-16(14)22-18(17)15-9-23-19(20-10-21-23)13(4)12(15)3/h5-11,22H,1-4H3. The first kappa shape index (κ1) is 14.0. The molecule has 3 heterocycles. The van der Waals surface area contributed by atoms with Gasteiger partial charge in [-0.3, -0.25) is 0 Å². The molecule has 0 aliphatic heterocycles. The molecule has 0 spiro atoms. The van der Waals surface area contributed by atoms with Crippen molar-refractivity contribution in [1.29, 1.82) is 0 Å². The van der Waals surface area contributed by atoms with Gasteiger partial charge in [0.15, 0.2) is 5.65 Å². The number of fused-ring (bicyclic) bond motifs is 2. The maximum Gasteiger partial charge on any atom is 0.158 e. The number of pyridine rings is 1. The summed E-state index contributed by atoms with van der Waals surface area (Å²) in [6.07, 6.45) is 3.70. The molecule has 0 radical (unpaired) electrons. The van der Waals surface area contributed by atoms with Gasteiger partial charge in [-0.15, -0.1) is 0 Å². The molecule has 4 nitrogen and oxygen atoms in total. The summed E-state index contributed by atoms with van der Waals surface area (Å²) >= 11 is 0. The number of nitrogens with zero attached hydrogens (tertiary/aromatic N) is 3. The van der Waals surface area contributed by atoms with Crippen molar-refractivity contribution in [3.8, 4) is 11.3 Å². The second-order valence-corrected chi connectivity index (χ2v) is 6.43. The summed E-state index contributed by atoms with van der Waals surface area (Å²) in [6, 6.07) is 8.51. The first-order chi connectivity index (χ1) is 11.1. The first-order valence-electron chi connectivity index (χ1n) is 7.98. The van der Waals surface area contributed by atoms with Gasteiger partial charge >= 0.3 is 0 Å². The number of aromatic nitrogens is 4. The number of hydrogen-bond acceptors (Lipinski definition) is 2. The van der Waals surface area contributed by atoms with Gasteiger partial charge in [-0.1, -0.05) is 32.0 Å². The van der Waals surface area contributed by atoms with Gasteiger partial charge in [0.25, 0.3) is 0 Å². The van der Waals surface area contributed by atoms with Crippen LogP contribution in [0.4, 0.5) is 0 Å². The molecule has 23 heavy (non-hydrogen) atoms. The molecule has 4 aromatic rings. The number of aryl methyl sites for hydroxylation is 1. The van der Waals surface area contributed by atoms with Crippen LogP contribution in [0.2, 0.25) is 0 Å². The molecule has 0 saturated heterocycles. The Hall–Kier alpha value is -2.62. The summed E-state index contributed by atoms with van der Waals surface area (Å²) in [5.41, 5.74) is 8.28. The number of aromatic amines is 1. The van der Waals surface area contributed by atoms with Gasteiger partial charge in [0.2, 0.25) is 0 Å². The van der Waals surface area contributed by atoms with E-state index < -0.39 is 0 Å². The van der Waals surface area contributed by atoms with Gasteiger partial charge in [-0.2, -0.15) is 5.10 Å². The lowest BCUT2D eigenvalue weighted by Crippen LogP contribution is -1.99. The average Bonchev–Trinajstić information content (AvgIpc) is 3.14. The molecule has 4 heteroatoms. The number of rotatable bonds is 2. The van der Waals surface area contributed by atoms with Crippen LogP contribution >= 0.6 is 0 Å². The third kappa shape index (κ3) is 1.98. The van der Waals surface area contributed by atoms with Crippen LogP contribution in [0.3, 0.4) is 0 Å². The van der Waals surface area contributed by atoms with Crippen molar-refractivity contribution in [1.82, 2.24) is 19.6 Å². The lowest BCUT2D eigenvalue weighted by atomic mass is 9.94. The molecule has 0 aliphatic rings. The fraction of sp³-hybridized carbons (Fsp3) is 0.263. The second kappa shape index (κ2) is 4.95. The van der Waals surface area contributed by atoms with Crippen molar-refractivity contribution >= 4 is 16.6 Å². The molecule has 0 amide bonds. The van der Waals surface area contributed by atoms with Crippen molar-refractivity contribution in [3.63, 3.8) is 0 Å². The van der Waals surface area contributed by atoms with Gasteiger partial charge in [-0.25, -0.2) is 9.50 Å². The maximum absolute atomic E-state index is 4.36. The van der Waals surface area contributed by atoms with Crippen LogP contribution in [0.15, 0.2) is 36.8 Å². The third-order valence-electron chi connectivity index (χ3n) is 4.72. The van der Waals surface area contributed by atoms with Crippen molar-refractivity contribution in [2.75, 3.05) is 0 Å². The van der Waals surface area contributed by atoms with Crippen LogP contribution in [-0.4, -0.2) is 19.6 Å². The molecule has 4 rings (SSSR count). The molecule has 0 fully saturated rings. The lowest BCUT2D eigenvalue weighted by Gasteiger charge is -2.13. The quantitative estimate of drug-likeness (QED) is 0.587. The van der Waals surface area contributed by atoms with Crippen LogP contribution in [0, 0.1) is 13.8 Å². The van der Waals surface area contributed by atoms with Gasteiger partial charge < -0.3 is 4.98 Å². The minimum atomic E-state index is 0.437. The number of nitrogens with one attached hydrogen (secondary N) is 1. The van der Waals surface area contributed by atoms with Gasteiger partial charge in [0.05, 0.1) is 5.69 Å². The molecule has 0 aliphatic carbocycles. The highest BCUT2D eigenvalue weighted by molar-refractivity contribution is 5.92. The van der Waals surface area contributed by atoms with Gasteiger partial charge in [0.1, 0.15) is 6.33 Å². The Bertz CT molecular complexity index is 1020. The normalized spacial score (nSPS) is 11.9. The fourth-order valence-corrected chi connectivity index (χ4v) is 3.43. The minimum absolute atomic E-state index is 0.437. The zero-order valence-corrected chi connectivity index (χ0v) is 13.9.